The predicted octanol–water partition coefficient (Wildman–Crippen LogP) is 4.56. The molecule has 0 atom stereocenters. The Bertz CT molecular complexity index is 966. The standard InChI is InChI=1S/C23H25N3O2S/c1-25-13-11-18(12-14-25)26(23(27)21-9-5-15-29-21)22-10-4-8-20(24-22)17-6-3-7-19(16-17)28-2/h3-10,15-16,18H,11-14H2,1-2H3. The average Bonchev–Trinajstić information content (AvgIpc) is 3.30. The number of rotatable bonds is 5. The van der Waals surface area contributed by atoms with Crippen LogP contribution in [-0.4, -0.2) is 49.1 Å². The van der Waals surface area contributed by atoms with Gasteiger partial charge in [0.25, 0.3) is 5.91 Å². The highest BCUT2D eigenvalue weighted by Crippen LogP contribution is 2.29. The Morgan fingerprint density at radius 2 is 1.93 bits per heavy atom. The molecular formula is C23H25N3O2S. The summed E-state index contributed by atoms with van der Waals surface area (Å²) in [6.45, 7) is 1.96. The Balaban J connectivity index is 1.71. The van der Waals surface area contributed by atoms with Gasteiger partial charge in [0.05, 0.1) is 17.7 Å². The average molecular weight is 408 g/mol. The highest BCUT2D eigenvalue weighted by molar-refractivity contribution is 7.12. The molecule has 0 aliphatic carbocycles. The zero-order valence-electron chi connectivity index (χ0n) is 16.7. The Morgan fingerprint density at radius 3 is 2.66 bits per heavy atom. The molecule has 0 radical (unpaired) electrons. The zero-order chi connectivity index (χ0) is 20.2. The first-order valence-electron chi connectivity index (χ1n) is 9.83. The minimum Gasteiger partial charge on any atom is -0.497 e. The normalized spacial score (nSPS) is 15.2. The summed E-state index contributed by atoms with van der Waals surface area (Å²) in [5.41, 5.74) is 1.80. The minimum atomic E-state index is 0.0323. The smallest absolute Gasteiger partial charge is 0.269 e. The van der Waals surface area contributed by atoms with E-state index in [0.717, 1.165) is 47.8 Å². The zero-order valence-corrected chi connectivity index (χ0v) is 17.6. The van der Waals surface area contributed by atoms with Crippen LogP contribution in [0.2, 0.25) is 0 Å². The molecule has 2 aromatic heterocycles. The van der Waals surface area contributed by atoms with Gasteiger partial charge in [-0.3, -0.25) is 9.69 Å². The number of benzene rings is 1. The molecule has 1 saturated heterocycles. The van der Waals surface area contributed by atoms with E-state index in [1.165, 1.54) is 11.3 Å². The number of likely N-dealkylation sites (tertiary alicyclic amines) is 1. The van der Waals surface area contributed by atoms with Crippen molar-refractivity contribution in [1.29, 1.82) is 0 Å². The fourth-order valence-electron chi connectivity index (χ4n) is 3.73. The van der Waals surface area contributed by atoms with Crippen LogP contribution in [0.3, 0.4) is 0 Å². The molecule has 1 fully saturated rings. The third-order valence-electron chi connectivity index (χ3n) is 5.35. The fourth-order valence-corrected chi connectivity index (χ4v) is 4.39. The Morgan fingerprint density at radius 1 is 1.14 bits per heavy atom. The third kappa shape index (κ3) is 4.33. The molecule has 1 aromatic carbocycles. The van der Waals surface area contributed by atoms with Crippen LogP contribution >= 0.6 is 11.3 Å². The number of anilines is 1. The summed E-state index contributed by atoms with van der Waals surface area (Å²) in [6, 6.07) is 17.7. The first kappa shape index (κ1) is 19.6. The number of amides is 1. The summed E-state index contributed by atoms with van der Waals surface area (Å²) in [6.07, 6.45) is 1.89. The van der Waals surface area contributed by atoms with Crippen LogP contribution in [0.15, 0.2) is 60.0 Å². The van der Waals surface area contributed by atoms with E-state index < -0.39 is 0 Å². The molecule has 29 heavy (non-hydrogen) atoms. The molecule has 1 amide bonds. The van der Waals surface area contributed by atoms with E-state index in [-0.39, 0.29) is 11.9 Å². The van der Waals surface area contributed by atoms with Crippen molar-refractivity contribution in [2.24, 2.45) is 0 Å². The summed E-state index contributed by atoms with van der Waals surface area (Å²) in [4.78, 5) is 23.2. The molecule has 4 rings (SSSR count). The maximum absolute atomic E-state index is 13.4. The van der Waals surface area contributed by atoms with Gasteiger partial charge in [-0.1, -0.05) is 24.3 Å². The number of piperidine rings is 1. The van der Waals surface area contributed by atoms with Crippen molar-refractivity contribution in [3.05, 3.63) is 64.9 Å². The van der Waals surface area contributed by atoms with Crippen molar-refractivity contribution in [1.82, 2.24) is 9.88 Å². The van der Waals surface area contributed by atoms with Gasteiger partial charge in [-0.15, -0.1) is 11.3 Å². The lowest BCUT2D eigenvalue weighted by Crippen LogP contribution is -2.47. The fraction of sp³-hybridized carbons (Fsp3) is 0.304. The van der Waals surface area contributed by atoms with Crippen LogP contribution in [0.4, 0.5) is 5.82 Å². The molecule has 3 aromatic rings. The molecule has 150 valence electrons. The number of thiophene rings is 1. The lowest BCUT2D eigenvalue weighted by Gasteiger charge is -2.36. The van der Waals surface area contributed by atoms with Gasteiger partial charge < -0.3 is 9.64 Å². The quantitative estimate of drug-likeness (QED) is 0.622. The second-order valence-corrected chi connectivity index (χ2v) is 8.25. The molecule has 1 aliphatic rings. The summed E-state index contributed by atoms with van der Waals surface area (Å²) >= 11 is 1.48. The summed E-state index contributed by atoms with van der Waals surface area (Å²) in [5.74, 6) is 1.53. The van der Waals surface area contributed by atoms with Gasteiger partial charge in [0, 0.05) is 11.6 Å². The third-order valence-corrected chi connectivity index (χ3v) is 6.21. The Hall–Kier alpha value is -2.70. The van der Waals surface area contributed by atoms with Gasteiger partial charge >= 0.3 is 0 Å². The second kappa shape index (κ2) is 8.76. The van der Waals surface area contributed by atoms with Gasteiger partial charge in [0.15, 0.2) is 0 Å². The van der Waals surface area contributed by atoms with Crippen LogP contribution in [0, 0.1) is 0 Å². The van der Waals surface area contributed by atoms with Gasteiger partial charge in [0.2, 0.25) is 0 Å². The van der Waals surface area contributed by atoms with Crippen LogP contribution in [-0.2, 0) is 0 Å². The lowest BCUT2D eigenvalue weighted by atomic mass is 10.0. The van der Waals surface area contributed by atoms with Crippen LogP contribution in [0.1, 0.15) is 22.5 Å². The molecule has 0 unspecified atom stereocenters. The van der Waals surface area contributed by atoms with Crippen LogP contribution in [0.5, 0.6) is 5.75 Å². The van der Waals surface area contributed by atoms with Crippen molar-refractivity contribution in [3.8, 4) is 17.0 Å². The summed E-state index contributed by atoms with van der Waals surface area (Å²) in [5, 5.41) is 1.94. The monoisotopic (exact) mass is 407 g/mol. The number of ether oxygens (including phenoxy) is 1. The molecule has 1 aliphatic heterocycles. The van der Waals surface area contributed by atoms with E-state index in [0.29, 0.717) is 5.82 Å². The van der Waals surface area contributed by atoms with E-state index in [1.807, 2.05) is 64.9 Å². The second-order valence-electron chi connectivity index (χ2n) is 7.30. The molecule has 5 nitrogen and oxygen atoms in total. The number of carbonyl (C=O) groups excluding carboxylic acids is 1. The number of aromatic nitrogens is 1. The van der Waals surface area contributed by atoms with Crippen molar-refractivity contribution < 1.29 is 9.53 Å². The molecule has 6 heteroatoms. The van der Waals surface area contributed by atoms with Crippen molar-refractivity contribution in [3.63, 3.8) is 0 Å². The number of pyridine rings is 1. The number of hydrogen-bond donors (Lipinski definition) is 0. The van der Waals surface area contributed by atoms with E-state index in [4.69, 9.17) is 9.72 Å². The van der Waals surface area contributed by atoms with E-state index in [1.54, 1.807) is 7.11 Å². The lowest BCUT2D eigenvalue weighted by molar-refractivity contribution is 0.0966. The van der Waals surface area contributed by atoms with Crippen LogP contribution in [0.25, 0.3) is 11.3 Å². The molecule has 3 heterocycles. The highest BCUT2D eigenvalue weighted by Gasteiger charge is 2.30. The Kier molecular flexibility index (Phi) is 5.92. The van der Waals surface area contributed by atoms with E-state index in [9.17, 15) is 4.79 Å². The molecule has 0 spiro atoms. The molecular weight excluding hydrogens is 382 g/mol. The molecule has 0 N–H and O–H groups in total. The SMILES string of the molecule is COc1cccc(-c2cccc(N(C(=O)c3cccs3)C3CCN(C)CC3)n2)c1. The molecule has 0 saturated carbocycles. The summed E-state index contributed by atoms with van der Waals surface area (Å²) < 4.78 is 5.35. The van der Waals surface area contributed by atoms with Crippen LogP contribution < -0.4 is 9.64 Å². The first-order chi connectivity index (χ1) is 14.2. The van der Waals surface area contributed by atoms with E-state index in [2.05, 4.69) is 11.9 Å². The molecule has 0 bridgehead atoms. The minimum absolute atomic E-state index is 0.0323. The van der Waals surface area contributed by atoms with Gasteiger partial charge in [-0.05, 0) is 68.7 Å². The highest BCUT2D eigenvalue weighted by atomic mass is 32.1. The number of nitrogens with zero attached hydrogens (tertiary/aromatic N) is 3. The number of methoxy groups -OCH3 is 1. The van der Waals surface area contributed by atoms with Gasteiger partial charge in [-0.25, -0.2) is 4.98 Å². The number of hydrogen-bond acceptors (Lipinski definition) is 5. The van der Waals surface area contributed by atoms with E-state index >= 15 is 0 Å². The van der Waals surface area contributed by atoms with Crippen molar-refractivity contribution in [2.45, 2.75) is 18.9 Å². The first-order valence-corrected chi connectivity index (χ1v) is 10.7. The van der Waals surface area contributed by atoms with Crippen molar-refractivity contribution in [2.75, 3.05) is 32.1 Å². The maximum Gasteiger partial charge on any atom is 0.269 e. The largest absolute Gasteiger partial charge is 0.497 e. The predicted molar refractivity (Wildman–Crippen MR) is 118 cm³/mol. The van der Waals surface area contributed by atoms with Gasteiger partial charge in [-0.2, -0.15) is 0 Å². The summed E-state index contributed by atoms with van der Waals surface area (Å²) in [7, 11) is 3.79. The number of carbonyl (C=O) groups is 1. The van der Waals surface area contributed by atoms with Gasteiger partial charge in [0.1, 0.15) is 11.6 Å². The van der Waals surface area contributed by atoms with Crippen molar-refractivity contribution >= 4 is 23.1 Å². The Labute approximate surface area is 175 Å². The topological polar surface area (TPSA) is 45.7 Å². The maximum atomic E-state index is 13.4.